The summed E-state index contributed by atoms with van der Waals surface area (Å²) in [6.45, 7) is 8.45. The summed E-state index contributed by atoms with van der Waals surface area (Å²) in [5.41, 5.74) is 2.31. The van der Waals surface area contributed by atoms with Crippen LogP contribution in [0.25, 0.3) is 11.0 Å². The van der Waals surface area contributed by atoms with Crippen LogP contribution in [0.4, 0.5) is 10.5 Å². The van der Waals surface area contributed by atoms with Crippen LogP contribution in [0.15, 0.2) is 36.7 Å². The monoisotopic (exact) mass is 639 g/mol. The van der Waals surface area contributed by atoms with E-state index in [0.717, 1.165) is 68.4 Å². The number of halogens is 1. The lowest BCUT2D eigenvalue weighted by Gasteiger charge is -2.36. The largest absolute Gasteiger partial charge is 0.493 e. The maximum Gasteiger partial charge on any atom is 0.324 e. The molecule has 244 valence electrons. The third-order valence-corrected chi connectivity index (χ3v) is 9.20. The fourth-order valence-corrected chi connectivity index (χ4v) is 6.63. The van der Waals surface area contributed by atoms with Crippen LogP contribution in [0.1, 0.15) is 64.0 Å². The van der Waals surface area contributed by atoms with E-state index in [1.165, 1.54) is 0 Å². The van der Waals surface area contributed by atoms with Crippen LogP contribution >= 0.6 is 11.6 Å². The van der Waals surface area contributed by atoms with Crippen molar-refractivity contribution in [1.29, 1.82) is 0 Å². The minimum absolute atomic E-state index is 0.0114. The van der Waals surface area contributed by atoms with Crippen LogP contribution < -0.4 is 14.4 Å². The number of pyridine rings is 1. The molecule has 0 saturated carbocycles. The van der Waals surface area contributed by atoms with Gasteiger partial charge in [-0.1, -0.05) is 31.4 Å². The Morgan fingerprint density at radius 1 is 1.18 bits per heavy atom. The minimum atomic E-state index is -0.479. The molecule has 2 aliphatic rings. The number of likely N-dealkylation sites (N-methyl/N-ethyl adjacent to an activating group) is 1. The molecule has 11 heteroatoms. The van der Waals surface area contributed by atoms with E-state index in [1.807, 2.05) is 52.6 Å². The highest BCUT2D eigenvalue weighted by Gasteiger charge is 2.30. The van der Waals surface area contributed by atoms with Gasteiger partial charge in [-0.3, -0.25) is 9.69 Å². The highest BCUT2D eigenvalue weighted by Crippen LogP contribution is 2.35. The molecule has 0 radical (unpaired) electrons. The molecule has 1 unspecified atom stereocenters. The summed E-state index contributed by atoms with van der Waals surface area (Å²) in [6, 6.07) is 7.00. The molecule has 3 aromatic rings. The molecule has 2 aliphatic heterocycles. The zero-order chi connectivity index (χ0) is 31.9. The van der Waals surface area contributed by atoms with Crippen molar-refractivity contribution in [3.8, 4) is 11.5 Å². The van der Waals surface area contributed by atoms with Gasteiger partial charge < -0.3 is 28.6 Å². The first-order valence-electron chi connectivity index (χ1n) is 16.2. The third kappa shape index (κ3) is 7.49. The number of nitrogens with zero attached hydrogens (tertiary/aromatic N) is 5. The number of carbonyl (C=O) groups excluding carboxylic acids is 2. The summed E-state index contributed by atoms with van der Waals surface area (Å²) in [5, 5.41) is 1.28. The summed E-state index contributed by atoms with van der Waals surface area (Å²) in [4.78, 5) is 37.4. The van der Waals surface area contributed by atoms with E-state index < -0.39 is 6.04 Å². The topological polar surface area (TPSA) is 89.4 Å². The number of urea groups is 1. The standard InChI is InChI=1S/C34H46ClN5O5/c1-5-6-7-17-45-30-20-27(9-10-29(30)43-4)39-16-8-15-38(34(39)42)22-26-11-14-36-32-31(26)28(35)23-40(32)24(2)33(41)37(3)21-25-12-18-44-19-13-25/h9-11,14,20,23-25H,5-8,12-13,15-19,21-22H2,1-4H3. The van der Waals surface area contributed by atoms with Gasteiger partial charge in [0.15, 0.2) is 11.5 Å². The second kappa shape index (κ2) is 15.2. The number of benzene rings is 1. The van der Waals surface area contributed by atoms with Gasteiger partial charge in [-0.15, -0.1) is 0 Å². The van der Waals surface area contributed by atoms with Crippen LogP contribution in [0.5, 0.6) is 11.5 Å². The van der Waals surface area contributed by atoms with E-state index in [-0.39, 0.29) is 11.9 Å². The number of fused-ring (bicyclic) bond motifs is 1. The molecule has 3 amide bonds. The molecule has 0 spiro atoms. The van der Waals surface area contributed by atoms with Crippen LogP contribution in [0.3, 0.4) is 0 Å². The lowest BCUT2D eigenvalue weighted by molar-refractivity contribution is -0.133. The van der Waals surface area contributed by atoms with Crippen molar-refractivity contribution in [2.24, 2.45) is 5.92 Å². The van der Waals surface area contributed by atoms with E-state index in [1.54, 1.807) is 24.4 Å². The van der Waals surface area contributed by atoms with Crippen LogP contribution in [0, 0.1) is 5.92 Å². The Morgan fingerprint density at radius 2 is 1.98 bits per heavy atom. The second-order valence-electron chi connectivity index (χ2n) is 12.1. The van der Waals surface area contributed by atoms with E-state index in [2.05, 4.69) is 11.9 Å². The number of ether oxygens (including phenoxy) is 3. The number of anilines is 1. The Morgan fingerprint density at radius 3 is 2.73 bits per heavy atom. The summed E-state index contributed by atoms with van der Waals surface area (Å²) in [6.07, 6.45) is 9.44. The molecule has 1 atom stereocenters. The first-order chi connectivity index (χ1) is 21.8. The van der Waals surface area contributed by atoms with E-state index in [0.29, 0.717) is 60.9 Å². The first-order valence-corrected chi connectivity index (χ1v) is 16.5. The summed E-state index contributed by atoms with van der Waals surface area (Å²) < 4.78 is 18.9. The summed E-state index contributed by atoms with van der Waals surface area (Å²) >= 11 is 6.81. The maximum atomic E-state index is 13.8. The molecule has 5 rings (SSSR count). The number of unbranched alkanes of at least 4 members (excludes halogenated alkanes) is 2. The van der Waals surface area contributed by atoms with Gasteiger partial charge in [-0.05, 0) is 62.3 Å². The number of hydrogen-bond donors (Lipinski definition) is 0. The van der Waals surface area contributed by atoms with E-state index in [4.69, 9.17) is 25.8 Å². The predicted octanol–water partition coefficient (Wildman–Crippen LogP) is 6.55. The van der Waals surface area contributed by atoms with Gasteiger partial charge in [0, 0.05) is 76.0 Å². The molecular formula is C34H46ClN5O5. The van der Waals surface area contributed by atoms with Gasteiger partial charge in [0.2, 0.25) is 5.91 Å². The van der Waals surface area contributed by atoms with Crippen molar-refractivity contribution in [3.05, 3.63) is 47.2 Å². The Labute approximate surface area is 271 Å². The first kappa shape index (κ1) is 32.9. The summed E-state index contributed by atoms with van der Waals surface area (Å²) in [5.74, 6) is 1.75. The normalized spacial score (nSPS) is 16.7. The molecular weight excluding hydrogens is 594 g/mol. The molecule has 2 fully saturated rings. The Balaban J connectivity index is 1.32. The van der Waals surface area contributed by atoms with E-state index >= 15 is 0 Å². The Hall–Kier alpha value is -3.50. The minimum Gasteiger partial charge on any atom is -0.493 e. The number of methoxy groups -OCH3 is 1. The van der Waals surface area contributed by atoms with Crippen molar-refractivity contribution in [2.45, 2.75) is 65.0 Å². The molecule has 4 heterocycles. The average molecular weight is 640 g/mol. The zero-order valence-corrected chi connectivity index (χ0v) is 27.7. The molecule has 45 heavy (non-hydrogen) atoms. The Kier molecular flexibility index (Phi) is 11.1. The molecule has 10 nitrogen and oxygen atoms in total. The molecule has 1 aromatic carbocycles. The lowest BCUT2D eigenvalue weighted by atomic mass is 10.00. The van der Waals surface area contributed by atoms with E-state index in [9.17, 15) is 9.59 Å². The zero-order valence-electron chi connectivity index (χ0n) is 27.0. The highest BCUT2D eigenvalue weighted by atomic mass is 35.5. The number of carbonyl (C=O) groups is 2. The second-order valence-corrected chi connectivity index (χ2v) is 12.5. The summed E-state index contributed by atoms with van der Waals surface area (Å²) in [7, 11) is 3.48. The van der Waals surface area contributed by atoms with Gasteiger partial charge in [0.05, 0.1) is 18.7 Å². The predicted molar refractivity (Wildman–Crippen MR) is 176 cm³/mol. The molecule has 2 saturated heterocycles. The third-order valence-electron chi connectivity index (χ3n) is 8.91. The van der Waals surface area contributed by atoms with Crippen LogP contribution in [0.2, 0.25) is 5.02 Å². The smallest absolute Gasteiger partial charge is 0.324 e. The van der Waals surface area contributed by atoms with Gasteiger partial charge in [0.25, 0.3) is 0 Å². The number of aromatic nitrogens is 2. The molecule has 2 aromatic heterocycles. The van der Waals surface area contributed by atoms with Crippen molar-refractivity contribution in [3.63, 3.8) is 0 Å². The van der Waals surface area contributed by atoms with Gasteiger partial charge in [-0.25, -0.2) is 9.78 Å². The fraction of sp³-hybridized carbons (Fsp3) is 0.559. The lowest BCUT2D eigenvalue weighted by Crippen LogP contribution is -2.49. The molecule has 0 N–H and O–H groups in total. The van der Waals surface area contributed by atoms with Gasteiger partial charge >= 0.3 is 6.03 Å². The SMILES string of the molecule is CCCCCOc1cc(N2CCCN(Cc3ccnc4c3c(Cl)cn4C(C)C(=O)N(C)CC3CCOCC3)C2=O)ccc1OC. The maximum absolute atomic E-state index is 13.8. The van der Waals surface area contributed by atoms with Crippen molar-refractivity contribution < 1.29 is 23.8 Å². The van der Waals surface area contributed by atoms with Gasteiger partial charge in [0.1, 0.15) is 11.7 Å². The fourth-order valence-electron chi connectivity index (χ4n) is 6.32. The Bertz CT molecular complexity index is 1470. The molecule has 0 aliphatic carbocycles. The average Bonchev–Trinajstić information content (AvgIpc) is 3.40. The highest BCUT2D eigenvalue weighted by molar-refractivity contribution is 6.35. The van der Waals surface area contributed by atoms with Crippen LogP contribution in [-0.2, 0) is 16.1 Å². The number of hydrogen-bond acceptors (Lipinski definition) is 6. The van der Waals surface area contributed by atoms with Crippen LogP contribution in [-0.4, -0.2) is 84.9 Å². The number of rotatable bonds is 13. The number of amides is 3. The molecule has 0 bridgehead atoms. The van der Waals surface area contributed by atoms with Crippen molar-refractivity contribution >= 4 is 40.3 Å². The quantitative estimate of drug-likeness (QED) is 0.197. The van der Waals surface area contributed by atoms with Gasteiger partial charge in [-0.2, -0.15) is 0 Å². The van der Waals surface area contributed by atoms with Crippen molar-refractivity contribution in [2.75, 3.05) is 58.5 Å². The van der Waals surface area contributed by atoms with Crippen molar-refractivity contribution in [1.82, 2.24) is 19.4 Å².